The molecule has 1 aliphatic heterocycles. The predicted octanol–water partition coefficient (Wildman–Crippen LogP) is 4.42. The van der Waals surface area contributed by atoms with Crippen molar-refractivity contribution >= 4 is 27.5 Å². The molecule has 4 nitrogen and oxygen atoms in total. The standard InChI is InChI=1S/C20H23BrN2O2/c1-22(20(25)18-10-7-16(21)13-19(18)24)14-15-5-8-17(9-6-15)23-11-3-2-4-12-23/h5-10,13,24H,2-4,11-12,14H2,1H3. The Balaban J connectivity index is 1.65. The van der Waals surface area contributed by atoms with E-state index in [9.17, 15) is 9.90 Å². The minimum absolute atomic E-state index is 0.00771. The lowest BCUT2D eigenvalue weighted by molar-refractivity contribution is 0.0782. The number of nitrogens with zero attached hydrogens (tertiary/aromatic N) is 2. The Bertz CT molecular complexity index is 740. The first-order chi connectivity index (χ1) is 12.0. The van der Waals surface area contributed by atoms with Crippen molar-refractivity contribution in [2.24, 2.45) is 0 Å². The van der Waals surface area contributed by atoms with Gasteiger partial charge in [-0.3, -0.25) is 4.79 Å². The Hall–Kier alpha value is -2.01. The van der Waals surface area contributed by atoms with Gasteiger partial charge in [0.2, 0.25) is 0 Å². The number of rotatable bonds is 4. The third kappa shape index (κ3) is 4.34. The first-order valence-electron chi connectivity index (χ1n) is 8.62. The van der Waals surface area contributed by atoms with Gasteiger partial charge < -0.3 is 14.9 Å². The summed E-state index contributed by atoms with van der Waals surface area (Å²) >= 11 is 3.29. The highest BCUT2D eigenvalue weighted by Gasteiger charge is 2.16. The summed E-state index contributed by atoms with van der Waals surface area (Å²) in [6.07, 6.45) is 3.84. The van der Waals surface area contributed by atoms with Crippen LogP contribution < -0.4 is 4.90 Å². The maximum atomic E-state index is 12.5. The molecule has 3 rings (SSSR count). The lowest BCUT2D eigenvalue weighted by Crippen LogP contribution is -2.29. The highest BCUT2D eigenvalue weighted by atomic mass is 79.9. The minimum Gasteiger partial charge on any atom is -0.507 e. The van der Waals surface area contributed by atoms with Crippen LogP contribution >= 0.6 is 15.9 Å². The van der Waals surface area contributed by atoms with Crippen LogP contribution in [0.25, 0.3) is 0 Å². The minimum atomic E-state index is -0.190. The second kappa shape index (κ2) is 7.91. The van der Waals surface area contributed by atoms with Gasteiger partial charge in [-0.2, -0.15) is 0 Å². The number of phenols is 1. The third-order valence-electron chi connectivity index (χ3n) is 4.61. The summed E-state index contributed by atoms with van der Waals surface area (Å²) in [6.45, 7) is 2.76. The number of benzene rings is 2. The number of phenolic OH excluding ortho intramolecular Hbond substituents is 1. The van der Waals surface area contributed by atoms with E-state index < -0.39 is 0 Å². The second-order valence-electron chi connectivity index (χ2n) is 6.54. The highest BCUT2D eigenvalue weighted by Crippen LogP contribution is 2.24. The van der Waals surface area contributed by atoms with E-state index in [-0.39, 0.29) is 11.7 Å². The van der Waals surface area contributed by atoms with Gasteiger partial charge in [0.25, 0.3) is 5.91 Å². The maximum Gasteiger partial charge on any atom is 0.257 e. The molecule has 5 heteroatoms. The number of hydrogen-bond donors (Lipinski definition) is 1. The fraction of sp³-hybridized carbons (Fsp3) is 0.350. The number of amides is 1. The Kier molecular flexibility index (Phi) is 5.63. The van der Waals surface area contributed by atoms with Crippen molar-refractivity contribution < 1.29 is 9.90 Å². The zero-order valence-electron chi connectivity index (χ0n) is 14.4. The largest absolute Gasteiger partial charge is 0.507 e. The van der Waals surface area contributed by atoms with Gasteiger partial charge in [0.15, 0.2) is 0 Å². The van der Waals surface area contributed by atoms with Crippen LogP contribution in [0.3, 0.4) is 0 Å². The zero-order chi connectivity index (χ0) is 17.8. The molecule has 1 fully saturated rings. The summed E-state index contributed by atoms with van der Waals surface area (Å²) in [5, 5.41) is 9.97. The average Bonchev–Trinajstić information content (AvgIpc) is 2.62. The number of carbonyl (C=O) groups excluding carboxylic acids is 1. The quantitative estimate of drug-likeness (QED) is 0.822. The van der Waals surface area contributed by atoms with Crippen molar-refractivity contribution in [2.75, 3.05) is 25.0 Å². The fourth-order valence-corrected chi connectivity index (χ4v) is 3.55. The van der Waals surface area contributed by atoms with Crippen molar-refractivity contribution in [3.8, 4) is 5.75 Å². The molecule has 0 bridgehead atoms. The normalized spacial score (nSPS) is 14.4. The van der Waals surface area contributed by atoms with E-state index in [1.807, 2.05) is 0 Å². The van der Waals surface area contributed by atoms with Crippen LogP contribution in [0.4, 0.5) is 5.69 Å². The SMILES string of the molecule is CN(Cc1ccc(N2CCCCC2)cc1)C(=O)c1ccc(Br)cc1O. The summed E-state index contributed by atoms with van der Waals surface area (Å²) < 4.78 is 0.748. The third-order valence-corrected chi connectivity index (χ3v) is 5.11. The summed E-state index contributed by atoms with van der Waals surface area (Å²) in [4.78, 5) is 16.6. The van der Waals surface area contributed by atoms with Crippen LogP contribution in [0, 0.1) is 0 Å². The van der Waals surface area contributed by atoms with Crippen molar-refractivity contribution in [1.29, 1.82) is 0 Å². The molecule has 1 saturated heterocycles. The molecule has 1 heterocycles. The molecule has 0 spiro atoms. The van der Waals surface area contributed by atoms with Gasteiger partial charge in [0.1, 0.15) is 5.75 Å². The molecule has 1 aliphatic rings. The average molecular weight is 403 g/mol. The van der Waals surface area contributed by atoms with E-state index in [2.05, 4.69) is 45.1 Å². The summed E-state index contributed by atoms with van der Waals surface area (Å²) in [5.74, 6) is -0.197. The number of anilines is 1. The number of hydrogen-bond acceptors (Lipinski definition) is 3. The molecular formula is C20H23BrN2O2. The van der Waals surface area contributed by atoms with Crippen LogP contribution in [0.1, 0.15) is 35.2 Å². The molecular weight excluding hydrogens is 380 g/mol. The zero-order valence-corrected chi connectivity index (χ0v) is 16.0. The van der Waals surface area contributed by atoms with Crippen LogP contribution in [0.5, 0.6) is 5.75 Å². The van der Waals surface area contributed by atoms with Crippen molar-refractivity contribution in [1.82, 2.24) is 4.90 Å². The van der Waals surface area contributed by atoms with Gasteiger partial charge in [-0.25, -0.2) is 0 Å². The molecule has 0 saturated carbocycles. The number of carbonyl (C=O) groups is 1. The number of aromatic hydroxyl groups is 1. The molecule has 0 atom stereocenters. The first kappa shape index (κ1) is 17.8. The van der Waals surface area contributed by atoms with Crippen LogP contribution in [-0.4, -0.2) is 36.1 Å². The molecule has 2 aromatic rings. The van der Waals surface area contributed by atoms with Crippen LogP contribution in [-0.2, 0) is 6.54 Å². The second-order valence-corrected chi connectivity index (χ2v) is 7.45. The lowest BCUT2D eigenvalue weighted by atomic mass is 10.1. The molecule has 25 heavy (non-hydrogen) atoms. The highest BCUT2D eigenvalue weighted by molar-refractivity contribution is 9.10. The van der Waals surface area contributed by atoms with Crippen molar-refractivity contribution in [2.45, 2.75) is 25.8 Å². The van der Waals surface area contributed by atoms with Gasteiger partial charge in [0.05, 0.1) is 5.56 Å². The Morgan fingerprint density at radius 1 is 1.12 bits per heavy atom. The molecule has 0 aromatic heterocycles. The van der Waals surface area contributed by atoms with Crippen LogP contribution in [0.15, 0.2) is 46.9 Å². The number of halogens is 1. The fourth-order valence-electron chi connectivity index (χ4n) is 3.20. The molecule has 1 N–H and O–H groups in total. The summed E-state index contributed by atoms with van der Waals surface area (Å²) in [5.41, 5.74) is 2.65. The van der Waals surface area contributed by atoms with Crippen LogP contribution in [0.2, 0.25) is 0 Å². The summed E-state index contributed by atoms with van der Waals surface area (Å²) in [6, 6.07) is 13.4. The topological polar surface area (TPSA) is 43.8 Å². The molecule has 132 valence electrons. The Labute approximate surface area is 157 Å². The van der Waals surface area contributed by atoms with E-state index in [0.717, 1.165) is 23.1 Å². The molecule has 0 aliphatic carbocycles. The molecule has 1 amide bonds. The van der Waals surface area contributed by atoms with E-state index in [0.29, 0.717) is 12.1 Å². The van der Waals surface area contributed by atoms with Crippen molar-refractivity contribution in [3.63, 3.8) is 0 Å². The monoisotopic (exact) mass is 402 g/mol. The van der Waals surface area contributed by atoms with E-state index in [4.69, 9.17) is 0 Å². The van der Waals surface area contributed by atoms with Gasteiger partial charge in [0, 0.05) is 36.8 Å². The van der Waals surface area contributed by atoms with Gasteiger partial charge in [-0.15, -0.1) is 0 Å². The lowest BCUT2D eigenvalue weighted by Gasteiger charge is -2.29. The smallest absolute Gasteiger partial charge is 0.257 e. The van der Waals surface area contributed by atoms with Gasteiger partial charge in [-0.1, -0.05) is 28.1 Å². The van der Waals surface area contributed by atoms with E-state index in [1.54, 1.807) is 24.1 Å². The molecule has 0 unspecified atom stereocenters. The Morgan fingerprint density at radius 2 is 1.80 bits per heavy atom. The molecule has 2 aromatic carbocycles. The van der Waals surface area contributed by atoms with Gasteiger partial charge >= 0.3 is 0 Å². The first-order valence-corrected chi connectivity index (χ1v) is 9.42. The maximum absolute atomic E-state index is 12.5. The summed E-state index contributed by atoms with van der Waals surface area (Å²) in [7, 11) is 1.75. The van der Waals surface area contributed by atoms with E-state index in [1.165, 1.54) is 31.0 Å². The number of piperidine rings is 1. The predicted molar refractivity (Wildman–Crippen MR) is 104 cm³/mol. The van der Waals surface area contributed by atoms with Gasteiger partial charge in [-0.05, 0) is 55.2 Å². The molecule has 0 radical (unpaired) electrons. The van der Waals surface area contributed by atoms with E-state index >= 15 is 0 Å². The Morgan fingerprint density at radius 3 is 2.44 bits per heavy atom. The van der Waals surface area contributed by atoms with Crippen molar-refractivity contribution in [3.05, 3.63) is 58.1 Å².